The van der Waals surface area contributed by atoms with E-state index < -0.39 is 12.0 Å². The third kappa shape index (κ3) is 7.19. The van der Waals surface area contributed by atoms with Crippen LogP contribution in [0.5, 0.6) is 17.2 Å². The molecule has 4 aromatic carbocycles. The Balaban J connectivity index is 1.48. The lowest BCUT2D eigenvalue weighted by atomic mass is 9.93. The molecule has 1 aromatic heterocycles. The molecule has 1 aliphatic heterocycles. The Morgan fingerprint density at radius 2 is 1.59 bits per heavy atom. The fourth-order valence-electron chi connectivity index (χ4n) is 5.59. The zero-order valence-corrected chi connectivity index (χ0v) is 28.2. The molecule has 2 heterocycles. The van der Waals surface area contributed by atoms with Crippen molar-refractivity contribution in [1.82, 2.24) is 4.57 Å². The molecule has 0 radical (unpaired) electrons. The van der Waals surface area contributed by atoms with Gasteiger partial charge in [0, 0.05) is 11.1 Å². The highest BCUT2D eigenvalue weighted by molar-refractivity contribution is 7.07. The molecule has 0 unspecified atom stereocenters. The van der Waals surface area contributed by atoms with Gasteiger partial charge < -0.3 is 18.9 Å². The number of rotatable bonds is 12. The van der Waals surface area contributed by atoms with Crippen molar-refractivity contribution in [2.24, 2.45) is 4.99 Å². The van der Waals surface area contributed by atoms with Crippen LogP contribution < -0.4 is 29.1 Å². The molecule has 10 heteroatoms. The molecule has 0 saturated carbocycles. The second-order valence-electron chi connectivity index (χ2n) is 11.0. The maximum absolute atomic E-state index is 14.3. The fraction of sp³-hybridized carbons (Fsp3) is 0.205. The van der Waals surface area contributed by atoms with Crippen LogP contribution in [0.2, 0.25) is 0 Å². The van der Waals surface area contributed by atoms with E-state index in [1.165, 1.54) is 17.4 Å². The van der Waals surface area contributed by atoms with Crippen LogP contribution in [0, 0.1) is 5.82 Å². The van der Waals surface area contributed by atoms with Gasteiger partial charge in [-0.05, 0) is 68.3 Å². The second-order valence-corrected chi connectivity index (χ2v) is 12.0. The predicted octanol–water partition coefficient (Wildman–Crippen LogP) is 6.45. The van der Waals surface area contributed by atoms with Gasteiger partial charge >= 0.3 is 5.97 Å². The fourth-order valence-corrected chi connectivity index (χ4v) is 6.59. The standard InChI is InChI=1S/C39H35FN2O6S/c1-4-45-29-19-17-27(18-20-29)36-34(38(44)47-6-3)35(26-12-8-7-9-13-26)41-39-42(36)37(43)33(49-39)23-25-16-21-31(32(22-25)46-5-2)48-24-28-14-10-11-15-30(28)40/h7-23,36H,4-6,24H2,1-3H3/b33-23-/t36-/m0/s1. The van der Waals surface area contributed by atoms with Gasteiger partial charge in [-0.25, -0.2) is 14.2 Å². The first-order valence-corrected chi connectivity index (χ1v) is 16.9. The maximum atomic E-state index is 14.3. The van der Waals surface area contributed by atoms with E-state index in [0.717, 1.165) is 5.56 Å². The summed E-state index contributed by atoms with van der Waals surface area (Å²) in [6.45, 7) is 6.58. The van der Waals surface area contributed by atoms with E-state index >= 15 is 0 Å². The zero-order chi connectivity index (χ0) is 34.3. The van der Waals surface area contributed by atoms with E-state index in [2.05, 4.69) is 0 Å². The molecule has 1 atom stereocenters. The number of halogens is 1. The van der Waals surface area contributed by atoms with Crippen molar-refractivity contribution >= 4 is 29.1 Å². The molecule has 0 fully saturated rings. The monoisotopic (exact) mass is 678 g/mol. The number of esters is 1. The van der Waals surface area contributed by atoms with E-state index in [4.69, 9.17) is 23.9 Å². The van der Waals surface area contributed by atoms with E-state index in [-0.39, 0.29) is 30.2 Å². The Kier molecular flexibility index (Phi) is 10.3. The van der Waals surface area contributed by atoms with Crippen molar-refractivity contribution in [3.8, 4) is 17.2 Å². The Labute approximate surface area is 287 Å². The number of carbonyl (C=O) groups excluding carboxylic acids is 1. The molecular weight excluding hydrogens is 644 g/mol. The molecule has 0 saturated heterocycles. The van der Waals surface area contributed by atoms with E-state index in [1.54, 1.807) is 54.0 Å². The number of carbonyl (C=O) groups is 1. The lowest BCUT2D eigenvalue weighted by Gasteiger charge is -2.26. The highest BCUT2D eigenvalue weighted by Crippen LogP contribution is 2.36. The normalized spacial score (nSPS) is 14.2. The van der Waals surface area contributed by atoms with Crippen LogP contribution in [0.3, 0.4) is 0 Å². The van der Waals surface area contributed by atoms with Gasteiger partial charge in [0.25, 0.3) is 5.56 Å². The predicted molar refractivity (Wildman–Crippen MR) is 187 cm³/mol. The molecule has 0 amide bonds. The summed E-state index contributed by atoms with van der Waals surface area (Å²) >= 11 is 1.23. The summed E-state index contributed by atoms with van der Waals surface area (Å²) < 4.78 is 39.2. The molecular formula is C39H35FN2O6S. The van der Waals surface area contributed by atoms with Gasteiger partial charge in [0.1, 0.15) is 18.2 Å². The highest BCUT2D eigenvalue weighted by Gasteiger charge is 2.35. The number of aromatic nitrogens is 1. The summed E-state index contributed by atoms with van der Waals surface area (Å²) in [6, 6.07) is 27.7. The summed E-state index contributed by atoms with van der Waals surface area (Å²) in [6.07, 6.45) is 1.76. The third-order valence-electron chi connectivity index (χ3n) is 7.79. The molecule has 49 heavy (non-hydrogen) atoms. The molecule has 250 valence electrons. The number of nitrogens with zero attached hydrogens (tertiary/aromatic N) is 2. The van der Waals surface area contributed by atoms with Crippen LogP contribution in [0.1, 0.15) is 49.1 Å². The zero-order valence-electron chi connectivity index (χ0n) is 27.4. The molecule has 0 bridgehead atoms. The van der Waals surface area contributed by atoms with Crippen molar-refractivity contribution in [1.29, 1.82) is 0 Å². The lowest BCUT2D eigenvalue weighted by molar-refractivity contribution is -0.138. The van der Waals surface area contributed by atoms with Gasteiger partial charge in [0.2, 0.25) is 0 Å². The number of hydrogen-bond donors (Lipinski definition) is 0. The second kappa shape index (κ2) is 15.2. The molecule has 6 rings (SSSR count). The number of ether oxygens (including phenoxy) is 4. The minimum absolute atomic E-state index is 0.0305. The number of benzene rings is 4. The summed E-state index contributed by atoms with van der Waals surface area (Å²) in [5.41, 5.74) is 2.96. The van der Waals surface area contributed by atoms with Gasteiger partial charge in [-0.2, -0.15) is 0 Å². The minimum Gasteiger partial charge on any atom is -0.494 e. The van der Waals surface area contributed by atoms with Crippen molar-refractivity contribution in [2.75, 3.05) is 19.8 Å². The Morgan fingerprint density at radius 1 is 0.857 bits per heavy atom. The molecule has 8 nitrogen and oxygen atoms in total. The van der Waals surface area contributed by atoms with Crippen LogP contribution in [0.15, 0.2) is 112 Å². The molecule has 5 aromatic rings. The van der Waals surface area contributed by atoms with E-state index in [0.29, 0.717) is 62.2 Å². The number of hydrogen-bond acceptors (Lipinski definition) is 8. The Morgan fingerprint density at radius 3 is 2.31 bits per heavy atom. The van der Waals surface area contributed by atoms with Gasteiger partial charge in [0.05, 0.1) is 41.7 Å². The summed E-state index contributed by atoms with van der Waals surface area (Å²) in [7, 11) is 0. The molecule has 0 N–H and O–H groups in total. The van der Waals surface area contributed by atoms with Crippen molar-refractivity contribution in [3.05, 3.63) is 150 Å². The van der Waals surface area contributed by atoms with Crippen LogP contribution >= 0.6 is 11.3 Å². The van der Waals surface area contributed by atoms with Gasteiger partial charge in [0.15, 0.2) is 16.3 Å². The quantitative estimate of drug-likeness (QED) is 0.141. The van der Waals surface area contributed by atoms with Gasteiger partial charge in [-0.15, -0.1) is 0 Å². The number of fused-ring (bicyclic) bond motifs is 1. The van der Waals surface area contributed by atoms with Gasteiger partial charge in [-0.1, -0.05) is 78.1 Å². The van der Waals surface area contributed by atoms with Crippen LogP contribution in [-0.4, -0.2) is 30.4 Å². The maximum Gasteiger partial charge on any atom is 0.338 e. The Bertz CT molecular complexity index is 2170. The summed E-state index contributed by atoms with van der Waals surface area (Å²) in [5.74, 6) is 0.688. The van der Waals surface area contributed by atoms with Crippen molar-refractivity contribution < 1.29 is 28.1 Å². The lowest BCUT2D eigenvalue weighted by Crippen LogP contribution is -2.40. The van der Waals surface area contributed by atoms with E-state index in [1.807, 2.05) is 68.4 Å². The first-order valence-electron chi connectivity index (χ1n) is 16.1. The summed E-state index contributed by atoms with van der Waals surface area (Å²) in [4.78, 5) is 33.4. The first kappa shape index (κ1) is 33.4. The average molecular weight is 679 g/mol. The topological polar surface area (TPSA) is 88.4 Å². The molecule has 1 aliphatic rings. The van der Waals surface area contributed by atoms with Crippen LogP contribution in [-0.2, 0) is 16.1 Å². The Hall–Kier alpha value is -5.48. The SMILES string of the molecule is CCOC(=O)C1=C(c2ccccc2)N=c2s/c(=C\c3ccc(OCc4ccccc4F)c(OCC)c3)c(=O)n2[C@H]1c1ccc(OCC)cc1. The smallest absolute Gasteiger partial charge is 0.338 e. The number of thiazole rings is 1. The van der Waals surface area contributed by atoms with Crippen LogP contribution in [0.4, 0.5) is 4.39 Å². The van der Waals surface area contributed by atoms with Crippen molar-refractivity contribution in [3.63, 3.8) is 0 Å². The first-order chi connectivity index (χ1) is 23.9. The van der Waals surface area contributed by atoms with Crippen LogP contribution in [0.25, 0.3) is 11.8 Å². The highest BCUT2D eigenvalue weighted by atomic mass is 32.1. The van der Waals surface area contributed by atoms with E-state index in [9.17, 15) is 14.0 Å². The molecule has 0 spiro atoms. The average Bonchev–Trinajstić information content (AvgIpc) is 3.42. The van der Waals surface area contributed by atoms with Crippen molar-refractivity contribution in [2.45, 2.75) is 33.4 Å². The molecule has 0 aliphatic carbocycles. The van der Waals surface area contributed by atoms with Gasteiger partial charge in [-0.3, -0.25) is 9.36 Å². The third-order valence-corrected chi connectivity index (χ3v) is 8.77. The minimum atomic E-state index is -0.809. The summed E-state index contributed by atoms with van der Waals surface area (Å²) in [5, 5.41) is 0. The largest absolute Gasteiger partial charge is 0.494 e.